The van der Waals surface area contributed by atoms with Crippen molar-refractivity contribution in [2.75, 3.05) is 44.3 Å². The van der Waals surface area contributed by atoms with Gasteiger partial charge in [-0.2, -0.15) is 0 Å². The number of aromatic nitrogens is 1. The van der Waals surface area contributed by atoms with Crippen molar-refractivity contribution in [2.45, 2.75) is 12.5 Å². The molecule has 7 nitrogen and oxygen atoms in total. The summed E-state index contributed by atoms with van der Waals surface area (Å²) in [4.78, 5) is 8.93. The quantitative estimate of drug-likeness (QED) is 0.355. The maximum Gasteiger partial charge on any atom is 0.172 e. The predicted molar refractivity (Wildman–Crippen MR) is 79.8 cm³/mol. The summed E-state index contributed by atoms with van der Waals surface area (Å²) in [5, 5.41) is 12.0. The van der Waals surface area contributed by atoms with Gasteiger partial charge < -0.3 is 20.6 Å². The van der Waals surface area contributed by atoms with Gasteiger partial charge in [0, 0.05) is 44.0 Å². The monoisotopic (exact) mass is 291 g/mol. The third kappa shape index (κ3) is 2.93. The topological polar surface area (TPSA) is 87.2 Å². The zero-order valence-electron chi connectivity index (χ0n) is 12.0. The molecule has 0 aliphatic carbocycles. The number of nitrogens with two attached hydrogens (primary N) is 1. The lowest BCUT2D eigenvalue weighted by atomic mass is 10.2. The largest absolute Gasteiger partial charge is 0.409 e. The molecular weight excluding hydrogens is 270 g/mol. The third-order valence-corrected chi connectivity index (χ3v) is 4.25. The summed E-state index contributed by atoms with van der Waals surface area (Å²) in [5.74, 6) is 0.127. The lowest BCUT2D eigenvalue weighted by molar-refractivity contribution is 0.0209. The smallest absolute Gasteiger partial charge is 0.172 e. The Morgan fingerprint density at radius 1 is 1.38 bits per heavy atom. The molecule has 3 N–H and O–H groups in total. The van der Waals surface area contributed by atoms with Crippen LogP contribution in [0.5, 0.6) is 0 Å². The maximum absolute atomic E-state index is 8.91. The first kappa shape index (κ1) is 14.1. The lowest BCUT2D eigenvalue weighted by Gasteiger charge is -2.32. The third-order valence-electron chi connectivity index (χ3n) is 4.25. The minimum Gasteiger partial charge on any atom is -0.409 e. The molecule has 7 heteroatoms. The van der Waals surface area contributed by atoms with E-state index in [1.54, 1.807) is 18.5 Å². The van der Waals surface area contributed by atoms with E-state index in [9.17, 15) is 0 Å². The first-order valence-corrected chi connectivity index (χ1v) is 7.28. The highest BCUT2D eigenvalue weighted by atomic mass is 16.5. The average Bonchev–Trinajstić information content (AvgIpc) is 3.05. The number of amidine groups is 1. The fourth-order valence-corrected chi connectivity index (χ4v) is 3.11. The van der Waals surface area contributed by atoms with Crippen molar-refractivity contribution >= 4 is 11.5 Å². The summed E-state index contributed by atoms with van der Waals surface area (Å²) in [6.07, 6.45) is 4.56. The Bertz CT molecular complexity index is 516. The van der Waals surface area contributed by atoms with E-state index >= 15 is 0 Å². The molecule has 21 heavy (non-hydrogen) atoms. The molecule has 2 saturated heterocycles. The van der Waals surface area contributed by atoms with Crippen LogP contribution in [0.25, 0.3) is 0 Å². The molecule has 0 amide bonds. The Kier molecular flexibility index (Phi) is 4.21. The highest BCUT2D eigenvalue weighted by molar-refractivity contribution is 6.02. The Hall–Kier alpha value is -1.86. The van der Waals surface area contributed by atoms with E-state index in [4.69, 9.17) is 15.7 Å². The number of ether oxygens (including phenoxy) is 1. The van der Waals surface area contributed by atoms with Crippen LogP contribution in [0.15, 0.2) is 23.6 Å². The molecule has 1 atom stereocenters. The number of pyridine rings is 1. The summed E-state index contributed by atoms with van der Waals surface area (Å²) in [6.45, 7) is 5.53. The van der Waals surface area contributed by atoms with Crippen molar-refractivity contribution in [2.24, 2.45) is 10.9 Å². The average molecular weight is 291 g/mol. The Morgan fingerprint density at radius 3 is 2.95 bits per heavy atom. The minimum absolute atomic E-state index is 0.127. The van der Waals surface area contributed by atoms with Crippen LogP contribution in [0, 0.1) is 0 Å². The van der Waals surface area contributed by atoms with Crippen LogP contribution in [0.2, 0.25) is 0 Å². The van der Waals surface area contributed by atoms with Crippen LogP contribution in [-0.4, -0.2) is 66.4 Å². The summed E-state index contributed by atoms with van der Waals surface area (Å²) in [6, 6.07) is 2.32. The van der Waals surface area contributed by atoms with Crippen LogP contribution < -0.4 is 10.6 Å². The van der Waals surface area contributed by atoms with Gasteiger partial charge in [-0.15, -0.1) is 0 Å². The van der Waals surface area contributed by atoms with Gasteiger partial charge in [0.15, 0.2) is 5.84 Å². The SMILES string of the molecule is N/C(=N/O)c1ccncc1N1CCC(N2CCOCC2)C1. The molecule has 114 valence electrons. The maximum atomic E-state index is 8.91. The molecule has 0 spiro atoms. The number of anilines is 1. The molecule has 0 bridgehead atoms. The summed E-state index contributed by atoms with van der Waals surface area (Å²) in [5.41, 5.74) is 7.42. The van der Waals surface area contributed by atoms with Gasteiger partial charge in [0.05, 0.1) is 25.1 Å². The highest BCUT2D eigenvalue weighted by Gasteiger charge is 2.30. The summed E-state index contributed by atoms with van der Waals surface area (Å²) < 4.78 is 5.41. The van der Waals surface area contributed by atoms with Crippen molar-refractivity contribution < 1.29 is 9.94 Å². The lowest BCUT2D eigenvalue weighted by Crippen LogP contribution is -2.44. The van der Waals surface area contributed by atoms with Crippen molar-refractivity contribution in [3.8, 4) is 0 Å². The number of hydrogen-bond donors (Lipinski definition) is 2. The first-order valence-electron chi connectivity index (χ1n) is 7.28. The molecule has 1 aromatic rings. The Balaban J connectivity index is 1.74. The van der Waals surface area contributed by atoms with E-state index < -0.39 is 0 Å². The molecule has 3 rings (SSSR count). The second-order valence-electron chi connectivity index (χ2n) is 5.41. The molecule has 2 aliphatic rings. The molecule has 0 radical (unpaired) electrons. The Morgan fingerprint density at radius 2 is 2.19 bits per heavy atom. The number of hydrogen-bond acceptors (Lipinski definition) is 6. The van der Waals surface area contributed by atoms with Crippen LogP contribution in [0.3, 0.4) is 0 Å². The fourth-order valence-electron chi connectivity index (χ4n) is 3.11. The van der Waals surface area contributed by atoms with Gasteiger partial charge in [0.2, 0.25) is 0 Å². The second kappa shape index (κ2) is 6.28. The van der Waals surface area contributed by atoms with Crippen LogP contribution in [-0.2, 0) is 4.74 Å². The van der Waals surface area contributed by atoms with Gasteiger partial charge >= 0.3 is 0 Å². The molecule has 3 heterocycles. The number of nitrogens with zero attached hydrogens (tertiary/aromatic N) is 4. The van der Waals surface area contributed by atoms with Crippen molar-refractivity contribution in [1.82, 2.24) is 9.88 Å². The van der Waals surface area contributed by atoms with E-state index in [-0.39, 0.29) is 5.84 Å². The number of rotatable bonds is 3. The van der Waals surface area contributed by atoms with Gasteiger partial charge in [-0.3, -0.25) is 9.88 Å². The van der Waals surface area contributed by atoms with E-state index in [0.717, 1.165) is 57.1 Å². The van der Waals surface area contributed by atoms with Gasteiger partial charge in [0.1, 0.15) is 0 Å². The Labute approximate surface area is 124 Å². The standard InChI is InChI=1S/C14H21N5O2/c15-14(17-20)12-1-3-16-9-13(12)19-4-2-11(10-19)18-5-7-21-8-6-18/h1,3,9,11,20H,2,4-8,10H2,(H2,15,17). The molecular formula is C14H21N5O2. The predicted octanol–water partition coefficient (Wildman–Crippen LogP) is 0.0870. The molecule has 2 fully saturated rings. The first-order chi connectivity index (χ1) is 10.3. The van der Waals surface area contributed by atoms with E-state index in [2.05, 4.69) is 19.9 Å². The highest BCUT2D eigenvalue weighted by Crippen LogP contribution is 2.26. The van der Waals surface area contributed by atoms with Gasteiger partial charge in [-0.1, -0.05) is 5.16 Å². The van der Waals surface area contributed by atoms with Crippen LogP contribution in [0.1, 0.15) is 12.0 Å². The van der Waals surface area contributed by atoms with Crippen molar-refractivity contribution in [1.29, 1.82) is 0 Å². The summed E-state index contributed by atoms with van der Waals surface area (Å²) >= 11 is 0. The zero-order valence-corrected chi connectivity index (χ0v) is 12.0. The van der Waals surface area contributed by atoms with Crippen molar-refractivity contribution in [3.05, 3.63) is 24.0 Å². The van der Waals surface area contributed by atoms with Gasteiger partial charge in [0.25, 0.3) is 0 Å². The summed E-state index contributed by atoms with van der Waals surface area (Å²) in [7, 11) is 0. The molecule has 0 aromatic carbocycles. The molecule has 1 unspecified atom stereocenters. The fraction of sp³-hybridized carbons (Fsp3) is 0.571. The van der Waals surface area contributed by atoms with E-state index in [1.807, 2.05) is 0 Å². The molecule has 2 aliphatic heterocycles. The number of morpholine rings is 1. The minimum atomic E-state index is 0.127. The van der Waals surface area contributed by atoms with Gasteiger partial charge in [-0.25, -0.2) is 0 Å². The number of oxime groups is 1. The zero-order chi connectivity index (χ0) is 14.7. The van der Waals surface area contributed by atoms with E-state index in [0.29, 0.717) is 6.04 Å². The van der Waals surface area contributed by atoms with Gasteiger partial charge in [-0.05, 0) is 12.5 Å². The second-order valence-corrected chi connectivity index (χ2v) is 5.41. The van der Waals surface area contributed by atoms with Crippen LogP contribution in [0.4, 0.5) is 5.69 Å². The molecule has 0 saturated carbocycles. The van der Waals surface area contributed by atoms with E-state index in [1.165, 1.54) is 0 Å². The molecule has 1 aromatic heterocycles. The van der Waals surface area contributed by atoms with Crippen LogP contribution >= 0.6 is 0 Å². The van der Waals surface area contributed by atoms with Crippen molar-refractivity contribution in [3.63, 3.8) is 0 Å². The normalized spacial score (nSPS) is 24.5.